The van der Waals surface area contributed by atoms with E-state index in [0.717, 1.165) is 12.5 Å². The summed E-state index contributed by atoms with van der Waals surface area (Å²) in [5.74, 6) is -1.91. The van der Waals surface area contributed by atoms with Crippen molar-refractivity contribution in [1.29, 1.82) is 0 Å². The highest BCUT2D eigenvalue weighted by molar-refractivity contribution is 8.13. The zero-order valence-corrected chi connectivity index (χ0v) is 13.0. The minimum Gasteiger partial charge on any atom is -0.286 e. The molecule has 110 valence electrons. The minimum atomic E-state index is -1.04. The quantitative estimate of drug-likeness (QED) is 0.578. The molecule has 0 amide bonds. The number of hydrogen-bond acceptors (Lipinski definition) is 3. The second kappa shape index (κ2) is 6.68. The fraction of sp³-hybridized carbons (Fsp3) is 0.429. The maximum Gasteiger partial charge on any atom is 0.255 e. The van der Waals surface area contributed by atoms with E-state index in [0.29, 0.717) is 24.2 Å². The second-order valence-corrected chi connectivity index (χ2v) is 6.42. The van der Waals surface area contributed by atoms with E-state index in [-0.39, 0.29) is 10.0 Å². The van der Waals surface area contributed by atoms with Gasteiger partial charge in [-0.25, -0.2) is 8.78 Å². The Bertz CT molecular complexity index is 544. The zero-order chi connectivity index (χ0) is 15.5. The fourth-order valence-corrected chi connectivity index (χ4v) is 2.78. The second-order valence-electron chi connectivity index (χ2n) is 5.06. The summed E-state index contributed by atoms with van der Waals surface area (Å²) in [7, 11) is 0. The lowest BCUT2D eigenvalue weighted by molar-refractivity contribution is -0.118. The monoisotopic (exact) mass is 320 g/mol. The Hall–Kier alpha value is -0.940. The summed E-state index contributed by atoms with van der Waals surface area (Å²) in [6, 6.07) is 1.54. The summed E-state index contributed by atoms with van der Waals surface area (Å²) in [5, 5.41) is -1.26. The Morgan fingerprint density at radius 1 is 1.25 bits per heavy atom. The number of rotatable bonds is 5. The van der Waals surface area contributed by atoms with Crippen molar-refractivity contribution in [3.05, 3.63) is 29.3 Å². The number of thioether (sulfide) groups is 1. The van der Waals surface area contributed by atoms with Gasteiger partial charge in [-0.05, 0) is 35.9 Å². The lowest BCUT2D eigenvalue weighted by Gasteiger charge is -2.21. The fourth-order valence-electron chi connectivity index (χ4n) is 1.72. The third-order valence-corrected chi connectivity index (χ3v) is 4.34. The van der Waals surface area contributed by atoms with Gasteiger partial charge < -0.3 is 0 Å². The highest BCUT2D eigenvalue weighted by Gasteiger charge is 2.28. The van der Waals surface area contributed by atoms with Crippen molar-refractivity contribution in [3.8, 4) is 0 Å². The Morgan fingerprint density at radius 3 is 2.35 bits per heavy atom. The van der Waals surface area contributed by atoms with Gasteiger partial charge in [0, 0.05) is 11.5 Å². The van der Waals surface area contributed by atoms with Crippen LogP contribution in [0.1, 0.15) is 44.0 Å². The van der Waals surface area contributed by atoms with Crippen LogP contribution in [0.5, 0.6) is 0 Å². The van der Waals surface area contributed by atoms with Gasteiger partial charge >= 0.3 is 0 Å². The molecular weight excluding hydrogens is 306 g/mol. The Morgan fingerprint density at radius 2 is 1.85 bits per heavy atom. The Labute approximate surface area is 125 Å². The maximum atomic E-state index is 13.7. The van der Waals surface area contributed by atoms with Crippen molar-refractivity contribution in [2.24, 2.45) is 5.41 Å². The largest absolute Gasteiger partial charge is 0.286 e. The van der Waals surface area contributed by atoms with Crippen LogP contribution in [0.4, 0.5) is 8.78 Å². The van der Waals surface area contributed by atoms with E-state index < -0.39 is 27.9 Å². The normalized spacial score (nSPS) is 11.5. The van der Waals surface area contributed by atoms with Crippen LogP contribution in [0.15, 0.2) is 17.0 Å². The van der Waals surface area contributed by atoms with Crippen LogP contribution >= 0.6 is 23.4 Å². The van der Waals surface area contributed by atoms with Gasteiger partial charge in [0.1, 0.15) is 11.6 Å². The predicted octanol–water partition coefficient (Wildman–Crippen LogP) is 4.79. The molecule has 0 fully saturated rings. The van der Waals surface area contributed by atoms with Crippen molar-refractivity contribution < 1.29 is 18.4 Å². The van der Waals surface area contributed by atoms with Crippen LogP contribution < -0.4 is 0 Å². The highest BCUT2D eigenvalue weighted by Crippen LogP contribution is 2.35. The molecular formula is C14H15ClF2O2S. The van der Waals surface area contributed by atoms with Crippen LogP contribution in [-0.4, -0.2) is 10.4 Å². The summed E-state index contributed by atoms with van der Waals surface area (Å²) in [6.07, 6.45) is 1.47. The van der Waals surface area contributed by atoms with E-state index in [9.17, 15) is 18.4 Å². The summed E-state index contributed by atoms with van der Waals surface area (Å²) in [6.45, 7) is 5.48. The number of hydrogen-bond donors (Lipinski definition) is 0. The molecule has 1 rings (SSSR count). The maximum absolute atomic E-state index is 13.7. The first-order valence-electron chi connectivity index (χ1n) is 6.10. The summed E-state index contributed by atoms with van der Waals surface area (Å²) >= 11 is 5.88. The molecule has 0 aromatic heterocycles. The molecule has 0 heterocycles. The molecule has 0 aliphatic heterocycles. The van der Waals surface area contributed by atoms with E-state index in [2.05, 4.69) is 0 Å². The van der Waals surface area contributed by atoms with Gasteiger partial charge in [-0.2, -0.15) is 0 Å². The van der Waals surface area contributed by atoms with Crippen LogP contribution in [0, 0.1) is 17.0 Å². The van der Waals surface area contributed by atoms with Gasteiger partial charge in [0.25, 0.3) is 5.24 Å². The molecule has 20 heavy (non-hydrogen) atoms. The molecule has 0 radical (unpaired) electrons. The summed E-state index contributed by atoms with van der Waals surface area (Å²) in [5.41, 5.74) is -1.05. The molecule has 2 nitrogen and oxygen atoms in total. The van der Waals surface area contributed by atoms with E-state index in [1.54, 1.807) is 13.8 Å². The van der Waals surface area contributed by atoms with Crippen molar-refractivity contribution in [1.82, 2.24) is 0 Å². The van der Waals surface area contributed by atoms with Crippen molar-refractivity contribution in [3.63, 3.8) is 0 Å². The van der Waals surface area contributed by atoms with Gasteiger partial charge in [-0.1, -0.05) is 27.2 Å². The first-order chi connectivity index (χ1) is 9.19. The molecule has 0 saturated carbocycles. The van der Waals surface area contributed by atoms with E-state index >= 15 is 0 Å². The molecule has 0 spiro atoms. The van der Waals surface area contributed by atoms with Gasteiger partial charge in [0.05, 0.1) is 10.5 Å². The predicted molar refractivity (Wildman–Crippen MR) is 76.1 cm³/mol. The van der Waals surface area contributed by atoms with Crippen LogP contribution in [0.2, 0.25) is 0 Å². The van der Waals surface area contributed by atoms with Gasteiger partial charge in [0.2, 0.25) is 0 Å². The minimum absolute atomic E-state index is 0.0930. The van der Waals surface area contributed by atoms with Crippen molar-refractivity contribution >= 4 is 33.7 Å². The van der Waals surface area contributed by atoms with Crippen LogP contribution in [0.25, 0.3) is 0 Å². The van der Waals surface area contributed by atoms with Crippen LogP contribution in [0.3, 0.4) is 0 Å². The number of halogens is 3. The molecule has 1 aromatic carbocycles. The topological polar surface area (TPSA) is 34.1 Å². The molecule has 0 atom stereocenters. The Balaban J connectivity index is 3.07. The third kappa shape index (κ3) is 4.03. The lowest BCUT2D eigenvalue weighted by Crippen LogP contribution is -2.21. The van der Waals surface area contributed by atoms with E-state index in [1.807, 2.05) is 6.92 Å². The van der Waals surface area contributed by atoms with Gasteiger partial charge in [-0.15, -0.1) is 0 Å². The van der Waals surface area contributed by atoms with E-state index in [4.69, 9.17) is 11.6 Å². The van der Waals surface area contributed by atoms with Crippen molar-refractivity contribution in [2.45, 2.75) is 38.5 Å². The van der Waals surface area contributed by atoms with Gasteiger partial charge in [-0.3, -0.25) is 9.59 Å². The average molecular weight is 321 g/mol. The molecule has 0 N–H and O–H groups in total. The number of carbonyl (C=O) groups excluding carboxylic acids is 2. The summed E-state index contributed by atoms with van der Waals surface area (Å²) in [4.78, 5) is 23.1. The first kappa shape index (κ1) is 17.1. The standard InChI is InChI=1S/C14H15ClF2O2S/c1-4-5-14(2,3)13(19)20-11-6-8(12(15)18)9(16)7-10(11)17/h6-7H,4-5H2,1-3H3. The summed E-state index contributed by atoms with van der Waals surface area (Å²) < 4.78 is 27.0. The molecule has 0 aliphatic carbocycles. The molecule has 0 aliphatic rings. The molecule has 0 bridgehead atoms. The molecule has 0 unspecified atom stereocenters. The van der Waals surface area contributed by atoms with Crippen molar-refractivity contribution in [2.75, 3.05) is 0 Å². The molecule has 0 saturated heterocycles. The lowest BCUT2D eigenvalue weighted by atomic mass is 9.90. The molecule has 1 aromatic rings. The number of carbonyl (C=O) groups is 2. The van der Waals surface area contributed by atoms with Crippen LogP contribution in [-0.2, 0) is 4.79 Å². The average Bonchev–Trinajstić information content (AvgIpc) is 2.31. The van der Waals surface area contributed by atoms with E-state index in [1.165, 1.54) is 0 Å². The molecule has 6 heteroatoms. The highest BCUT2D eigenvalue weighted by atomic mass is 35.5. The third-order valence-electron chi connectivity index (χ3n) is 2.86. The Kier molecular flexibility index (Phi) is 5.71. The first-order valence-corrected chi connectivity index (χ1v) is 7.29. The SMILES string of the molecule is CCCC(C)(C)C(=O)Sc1cc(C(=O)Cl)c(F)cc1F. The number of benzene rings is 1. The smallest absolute Gasteiger partial charge is 0.255 e. The van der Waals surface area contributed by atoms with Gasteiger partial charge in [0.15, 0.2) is 5.12 Å². The zero-order valence-electron chi connectivity index (χ0n) is 11.4.